The van der Waals surface area contributed by atoms with Crippen LogP contribution in [0.2, 0.25) is 0 Å². The zero-order valence-corrected chi connectivity index (χ0v) is 17.7. The number of rotatable bonds is 3. The standard InChI is InChI=1S/C25H23N5/c1-5-14(2)30-13-17(18-8-6-7-9-22(18)30)10-19-15(3)20(11-26)24-23(19)16(4)21(12-27)25(28)29-24/h6-10,13-14H,5H2,1-4H3,(H2,28,29)/p+1/t14-/m1/s1. The van der Waals surface area contributed by atoms with Crippen molar-refractivity contribution in [2.24, 2.45) is 0 Å². The zero-order valence-electron chi connectivity index (χ0n) is 17.7. The van der Waals surface area contributed by atoms with Gasteiger partial charge in [-0.1, -0.05) is 25.1 Å². The number of nitriles is 2. The van der Waals surface area contributed by atoms with Gasteiger partial charge in [0, 0.05) is 34.3 Å². The van der Waals surface area contributed by atoms with Crippen LogP contribution >= 0.6 is 0 Å². The normalized spacial score (nSPS) is 15.3. The van der Waals surface area contributed by atoms with Crippen molar-refractivity contribution in [3.05, 3.63) is 64.0 Å². The number of aromatic nitrogens is 2. The molecule has 1 atom stereocenters. The van der Waals surface area contributed by atoms with E-state index in [0.717, 1.165) is 34.3 Å². The molecule has 0 amide bonds. The summed E-state index contributed by atoms with van der Waals surface area (Å²) in [6.45, 7) is 8.25. The minimum atomic E-state index is 0.295. The first kappa shape index (κ1) is 19.5. The number of nitrogen functional groups attached to an aromatic ring is 1. The van der Waals surface area contributed by atoms with Gasteiger partial charge in [0.25, 0.3) is 5.82 Å². The largest absolute Gasteiger partial charge is 0.344 e. The monoisotopic (exact) mass is 394 g/mol. The molecule has 0 unspecified atom stereocenters. The average Bonchev–Trinajstić information content (AvgIpc) is 3.23. The first-order valence-electron chi connectivity index (χ1n) is 10.1. The molecule has 5 heteroatoms. The van der Waals surface area contributed by atoms with E-state index in [-0.39, 0.29) is 0 Å². The summed E-state index contributed by atoms with van der Waals surface area (Å²) in [6.07, 6.45) is 5.36. The number of pyridine rings is 1. The molecule has 1 aliphatic rings. The third-order valence-corrected chi connectivity index (χ3v) is 6.19. The number of H-pyrrole nitrogens is 1. The van der Waals surface area contributed by atoms with E-state index in [4.69, 9.17) is 5.73 Å². The number of hydrogen-bond donors (Lipinski definition) is 1. The minimum Gasteiger partial charge on any atom is -0.344 e. The van der Waals surface area contributed by atoms with Gasteiger partial charge in [0.1, 0.15) is 23.3 Å². The summed E-state index contributed by atoms with van der Waals surface area (Å²) in [5.74, 6) is 0.295. The molecule has 0 radical (unpaired) electrons. The maximum Gasteiger partial charge on any atom is 0.289 e. The minimum absolute atomic E-state index is 0.295. The second-order valence-electron chi connectivity index (χ2n) is 7.84. The number of allylic oxidation sites excluding steroid dienone is 3. The van der Waals surface area contributed by atoms with Gasteiger partial charge >= 0.3 is 0 Å². The summed E-state index contributed by atoms with van der Waals surface area (Å²) < 4.78 is 2.31. The fourth-order valence-electron chi connectivity index (χ4n) is 4.34. The van der Waals surface area contributed by atoms with Gasteiger partial charge in [0.2, 0.25) is 0 Å². The van der Waals surface area contributed by atoms with Crippen LogP contribution in [0.4, 0.5) is 5.82 Å². The summed E-state index contributed by atoms with van der Waals surface area (Å²) in [5.41, 5.74) is 13.6. The maximum absolute atomic E-state index is 9.79. The molecule has 0 bridgehead atoms. The van der Waals surface area contributed by atoms with Gasteiger partial charge < -0.3 is 4.57 Å². The Bertz CT molecular complexity index is 1340. The molecule has 1 aliphatic carbocycles. The van der Waals surface area contributed by atoms with Crippen LogP contribution in [0.15, 0.2) is 36.0 Å². The summed E-state index contributed by atoms with van der Waals surface area (Å²) in [7, 11) is 0. The predicted octanol–water partition coefficient (Wildman–Crippen LogP) is 5.04. The molecule has 5 nitrogen and oxygen atoms in total. The summed E-state index contributed by atoms with van der Waals surface area (Å²) >= 11 is 0. The number of para-hydroxylation sites is 1. The van der Waals surface area contributed by atoms with Crippen LogP contribution in [0.5, 0.6) is 0 Å². The van der Waals surface area contributed by atoms with Crippen molar-refractivity contribution in [2.45, 2.75) is 40.2 Å². The van der Waals surface area contributed by atoms with Crippen LogP contribution < -0.4 is 10.7 Å². The Morgan fingerprint density at radius 1 is 1.20 bits per heavy atom. The number of nitrogens with one attached hydrogen (secondary N) is 1. The van der Waals surface area contributed by atoms with Crippen molar-refractivity contribution in [3.63, 3.8) is 0 Å². The van der Waals surface area contributed by atoms with E-state index in [1.165, 1.54) is 10.9 Å². The van der Waals surface area contributed by atoms with Gasteiger partial charge in [-0.2, -0.15) is 10.5 Å². The second-order valence-corrected chi connectivity index (χ2v) is 7.84. The van der Waals surface area contributed by atoms with E-state index < -0.39 is 0 Å². The molecule has 0 saturated heterocycles. The van der Waals surface area contributed by atoms with Gasteiger partial charge in [-0.15, -0.1) is 0 Å². The number of anilines is 1. The molecule has 2 aromatic heterocycles. The van der Waals surface area contributed by atoms with E-state index in [2.05, 4.69) is 66.0 Å². The average molecular weight is 395 g/mol. The van der Waals surface area contributed by atoms with Crippen LogP contribution in [0.25, 0.3) is 28.1 Å². The molecule has 2 heterocycles. The van der Waals surface area contributed by atoms with Crippen LogP contribution in [0, 0.1) is 29.6 Å². The molecule has 30 heavy (non-hydrogen) atoms. The quantitative estimate of drug-likeness (QED) is 0.674. The predicted molar refractivity (Wildman–Crippen MR) is 120 cm³/mol. The van der Waals surface area contributed by atoms with E-state index in [1.54, 1.807) is 0 Å². The highest BCUT2D eigenvalue weighted by atomic mass is 15.0. The third kappa shape index (κ3) is 2.71. The van der Waals surface area contributed by atoms with Crippen LogP contribution in [0.3, 0.4) is 0 Å². The molecule has 1 aromatic carbocycles. The highest BCUT2D eigenvalue weighted by Crippen LogP contribution is 2.43. The molecule has 0 saturated carbocycles. The van der Waals surface area contributed by atoms with Gasteiger partial charge in [0.15, 0.2) is 5.69 Å². The highest BCUT2D eigenvalue weighted by molar-refractivity contribution is 6.09. The van der Waals surface area contributed by atoms with Crippen molar-refractivity contribution >= 4 is 33.9 Å². The second kappa shape index (κ2) is 7.21. The Morgan fingerprint density at radius 3 is 2.60 bits per heavy atom. The summed E-state index contributed by atoms with van der Waals surface area (Å²) in [4.78, 5) is 3.09. The summed E-state index contributed by atoms with van der Waals surface area (Å²) in [6, 6.07) is 13.3. The Balaban J connectivity index is 2.03. The van der Waals surface area contributed by atoms with Crippen molar-refractivity contribution in [1.82, 2.24) is 4.57 Å². The van der Waals surface area contributed by atoms with E-state index >= 15 is 0 Å². The molecule has 0 fully saturated rings. The lowest BCUT2D eigenvalue weighted by molar-refractivity contribution is -0.364. The van der Waals surface area contributed by atoms with Crippen molar-refractivity contribution < 1.29 is 4.98 Å². The number of benzene rings is 1. The van der Waals surface area contributed by atoms with Crippen molar-refractivity contribution in [3.8, 4) is 12.1 Å². The lowest BCUT2D eigenvalue weighted by Gasteiger charge is -2.12. The lowest BCUT2D eigenvalue weighted by atomic mass is 9.95. The Morgan fingerprint density at radius 2 is 1.93 bits per heavy atom. The topological polar surface area (TPSA) is 92.7 Å². The van der Waals surface area contributed by atoms with Gasteiger partial charge in [-0.05, 0) is 56.0 Å². The van der Waals surface area contributed by atoms with Crippen LogP contribution in [-0.4, -0.2) is 4.57 Å². The first-order valence-corrected chi connectivity index (χ1v) is 10.1. The zero-order chi connectivity index (χ0) is 21.6. The Hall–Kier alpha value is -3.83. The Kier molecular flexibility index (Phi) is 4.68. The fraction of sp³-hybridized carbons (Fsp3) is 0.240. The first-order chi connectivity index (χ1) is 14.4. The van der Waals surface area contributed by atoms with Gasteiger partial charge in [-0.25, -0.2) is 4.98 Å². The van der Waals surface area contributed by atoms with E-state index in [1.807, 2.05) is 19.9 Å². The van der Waals surface area contributed by atoms with Crippen LogP contribution in [-0.2, 0) is 0 Å². The number of fused-ring (bicyclic) bond motifs is 2. The number of nitrogens with two attached hydrogens (primary N) is 1. The third-order valence-electron chi connectivity index (χ3n) is 6.19. The molecule has 4 rings (SSSR count). The maximum atomic E-state index is 9.79. The van der Waals surface area contributed by atoms with Crippen molar-refractivity contribution in [2.75, 3.05) is 5.73 Å². The fourth-order valence-corrected chi connectivity index (χ4v) is 4.34. The van der Waals surface area contributed by atoms with E-state index in [0.29, 0.717) is 28.7 Å². The lowest BCUT2D eigenvalue weighted by Crippen LogP contribution is -2.20. The Labute approximate surface area is 176 Å². The smallest absolute Gasteiger partial charge is 0.289 e. The number of hydrogen-bond acceptors (Lipinski definition) is 3. The number of aromatic amines is 1. The molecular formula is C25H24N5+. The van der Waals surface area contributed by atoms with Crippen LogP contribution in [0.1, 0.15) is 61.2 Å². The molecule has 3 N–H and O–H groups in total. The van der Waals surface area contributed by atoms with Gasteiger partial charge in [-0.3, -0.25) is 5.73 Å². The highest BCUT2D eigenvalue weighted by Gasteiger charge is 2.32. The van der Waals surface area contributed by atoms with Gasteiger partial charge in [0.05, 0.1) is 0 Å². The molecular weight excluding hydrogens is 370 g/mol. The molecule has 3 aromatic rings. The molecule has 148 valence electrons. The summed E-state index contributed by atoms with van der Waals surface area (Å²) in [5, 5.41) is 20.5. The SMILES string of the molecule is CC[C@@H](C)n1cc(C=C2C(C)=C(C#N)c3[nH+]c(N)c(C#N)c(C)c32)c2ccccc21. The molecule has 0 aliphatic heterocycles. The molecule has 0 spiro atoms. The van der Waals surface area contributed by atoms with E-state index in [9.17, 15) is 10.5 Å². The van der Waals surface area contributed by atoms with Crippen molar-refractivity contribution in [1.29, 1.82) is 10.5 Å². The number of nitrogens with zero attached hydrogens (tertiary/aromatic N) is 3.